The minimum absolute atomic E-state index is 0.0180. The van der Waals surface area contributed by atoms with Gasteiger partial charge in [0.2, 0.25) is 11.9 Å². The largest absolute Gasteiger partial charge is 0.416 e. The third-order valence-corrected chi connectivity index (χ3v) is 6.70. The molecule has 32 heavy (non-hydrogen) atoms. The van der Waals surface area contributed by atoms with Gasteiger partial charge in [0.1, 0.15) is 0 Å². The van der Waals surface area contributed by atoms with Gasteiger partial charge in [0, 0.05) is 0 Å². The van der Waals surface area contributed by atoms with Crippen molar-refractivity contribution in [3.05, 3.63) is 64.5 Å². The fourth-order valence-electron chi connectivity index (χ4n) is 3.49. The molecule has 3 rings (SSSR count). The fourth-order valence-corrected chi connectivity index (χ4v) is 5.32. The smallest absolute Gasteiger partial charge is 0.368 e. The third-order valence-electron chi connectivity index (χ3n) is 4.62. The van der Waals surface area contributed by atoms with Crippen LogP contribution in [0.15, 0.2) is 41.3 Å². The van der Waals surface area contributed by atoms with Gasteiger partial charge in [-0.2, -0.15) is 28.1 Å². The minimum atomic E-state index is -4.66. The van der Waals surface area contributed by atoms with Crippen molar-refractivity contribution >= 4 is 27.6 Å². The molecule has 2 aromatic carbocycles. The van der Waals surface area contributed by atoms with Crippen molar-refractivity contribution in [2.45, 2.75) is 38.4 Å². The lowest BCUT2D eigenvalue weighted by Crippen LogP contribution is -2.33. The molecule has 0 aliphatic rings. The zero-order valence-corrected chi connectivity index (χ0v) is 18.3. The molecular formula is C20H21F3N6O2S. The lowest BCUT2D eigenvalue weighted by Gasteiger charge is -2.26. The molecule has 4 N–H and O–H groups in total. The van der Waals surface area contributed by atoms with E-state index in [1.807, 2.05) is 6.92 Å². The van der Waals surface area contributed by atoms with Crippen LogP contribution in [0.2, 0.25) is 0 Å². The molecule has 170 valence electrons. The van der Waals surface area contributed by atoms with Gasteiger partial charge in [-0.3, -0.25) is 4.31 Å². The Kier molecular flexibility index (Phi) is 6.00. The molecule has 0 radical (unpaired) electrons. The Morgan fingerprint density at radius 3 is 2.03 bits per heavy atom. The maximum absolute atomic E-state index is 13.7. The van der Waals surface area contributed by atoms with Gasteiger partial charge in [0.15, 0.2) is 5.82 Å². The first-order chi connectivity index (χ1) is 14.8. The highest BCUT2D eigenvalue weighted by Crippen LogP contribution is 2.35. The van der Waals surface area contributed by atoms with Crippen LogP contribution in [-0.2, 0) is 22.7 Å². The molecule has 0 spiro atoms. The van der Waals surface area contributed by atoms with Gasteiger partial charge < -0.3 is 11.5 Å². The summed E-state index contributed by atoms with van der Waals surface area (Å²) in [5.41, 5.74) is 11.7. The Morgan fingerprint density at radius 2 is 1.50 bits per heavy atom. The van der Waals surface area contributed by atoms with Gasteiger partial charge in [-0.25, -0.2) is 8.42 Å². The number of anilines is 3. The van der Waals surface area contributed by atoms with Crippen LogP contribution in [0.4, 0.5) is 30.8 Å². The van der Waals surface area contributed by atoms with E-state index < -0.39 is 28.3 Å². The molecule has 0 aliphatic carbocycles. The Bertz CT molecular complexity index is 1240. The number of halogens is 3. The highest BCUT2D eigenvalue weighted by atomic mass is 32.2. The average Bonchev–Trinajstić information content (AvgIpc) is 2.63. The fraction of sp³-hybridized carbons (Fsp3) is 0.250. The molecule has 1 aromatic heterocycles. The van der Waals surface area contributed by atoms with Crippen LogP contribution in [0.1, 0.15) is 28.1 Å². The molecule has 12 heteroatoms. The number of nitrogen functional groups attached to an aromatic ring is 2. The second kappa shape index (κ2) is 8.26. The SMILES string of the molecule is Cc1cc(C)c(S(=O)(=O)N(Cc2nc(N)nc(N)n2)c2cccc(C(F)(F)F)c2)c(C)c1. The zero-order chi connectivity index (χ0) is 23.8. The molecule has 3 aromatic rings. The van der Waals surface area contributed by atoms with Gasteiger partial charge in [-0.1, -0.05) is 23.8 Å². The Labute approximate surface area is 183 Å². The monoisotopic (exact) mass is 466 g/mol. The van der Waals surface area contributed by atoms with Crippen LogP contribution in [0.25, 0.3) is 0 Å². The molecule has 0 fully saturated rings. The van der Waals surface area contributed by atoms with Gasteiger partial charge in [-0.05, 0) is 50.1 Å². The molecule has 1 heterocycles. The second-order valence-electron chi connectivity index (χ2n) is 7.26. The first-order valence-corrected chi connectivity index (χ1v) is 10.8. The lowest BCUT2D eigenvalue weighted by molar-refractivity contribution is -0.137. The zero-order valence-electron chi connectivity index (χ0n) is 17.5. The van der Waals surface area contributed by atoms with Crippen molar-refractivity contribution in [3.8, 4) is 0 Å². The molecule has 0 saturated heterocycles. The number of hydrogen-bond donors (Lipinski definition) is 2. The standard InChI is InChI=1S/C20H21F3N6O2S/c1-11-7-12(2)17(13(3)8-11)32(30,31)29(10-16-26-18(24)28-19(25)27-16)15-6-4-5-14(9-15)20(21,22)23/h4-9H,10H2,1-3H3,(H4,24,25,26,27,28). The van der Waals surface area contributed by atoms with Crippen molar-refractivity contribution in [1.82, 2.24) is 15.0 Å². The van der Waals surface area contributed by atoms with E-state index in [0.717, 1.165) is 28.1 Å². The number of sulfonamides is 1. The van der Waals surface area contributed by atoms with E-state index in [0.29, 0.717) is 11.1 Å². The van der Waals surface area contributed by atoms with Gasteiger partial charge >= 0.3 is 6.18 Å². The number of nitrogens with two attached hydrogens (primary N) is 2. The molecule has 0 aliphatic heterocycles. The number of alkyl halides is 3. The molecule has 0 bridgehead atoms. The van der Waals surface area contributed by atoms with E-state index in [1.165, 1.54) is 6.07 Å². The van der Waals surface area contributed by atoms with Crippen molar-refractivity contribution in [3.63, 3.8) is 0 Å². The number of aryl methyl sites for hydroxylation is 3. The summed E-state index contributed by atoms with van der Waals surface area (Å²) in [6, 6.07) is 7.37. The maximum Gasteiger partial charge on any atom is 0.416 e. The van der Waals surface area contributed by atoms with E-state index >= 15 is 0 Å². The summed E-state index contributed by atoms with van der Waals surface area (Å²) < 4.78 is 68.2. The normalized spacial score (nSPS) is 12.1. The predicted octanol–water partition coefficient (Wildman–Crippen LogP) is 3.38. The summed E-state index contributed by atoms with van der Waals surface area (Å²) in [6.45, 7) is 4.55. The van der Waals surface area contributed by atoms with Gasteiger partial charge in [0.05, 0.1) is 22.7 Å². The lowest BCUT2D eigenvalue weighted by atomic mass is 10.1. The van der Waals surface area contributed by atoms with Crippen LogP contribution in [0, 0.1) is 20.8 Å². The highest BCUT2D eigenvalue weighted by molar-refractivity contribution is 7.92. The summed E-state index contributed by atoms with van der Waals surface area (Å²) in [5, 5.41) is 0. The summed E-state index contributed by atoms with van der Waals surface area (Å²) >= 11 is 0. The van der Waals surface area contributed by atoms with Crippen LogP contribution in [-0.4, -0.2) is 23.4 Å². The topological polar surface area (TPSA) is 128 Å². The summed E-state index contributed by atoms with van der Waals surface area (Å²) in [4.78, 5) is 11.4. The van der Waals surface area contributed by atoms with Crippen LogP contribution >= 0.6 is 0 Å². The number of hydrogen-bond acceptors (Lipinski definition) is 7. The number of rotatable bonds is 5. The number of aromatic nitrogens is 3. The van der Waals surface area contributed by atoms with Crippen LogP contribution in [0.3, 0.4) is 0 Å². The predicted molar refractivity (Wildman–Crippen MR) is 114 cm³/mol. The molecule has 0 amide bonds. The van der Waals surface area contributed by atoms with Crippen molar-refractivity contribution < 1.29 is 21.6 Å². The highest BCUT2D eigenvalue weighted by Gasteiger charge is 2.34. The third kappa shape index (κ3) is 4.74. The first-order valence-electron chi connectivity index (χ1n) is 9.33. The van der Waals surface area contributed by atoms with Crippen LogP contribution < -0.4 is 15.8 Å². The van der Waals surface area contributed by atoms with Crippen molar-refractivity contribution in [2.75, 3.05) is 15.8 Å². The second-order valence-corrected chi connectivity index (χ2v) is 9.05. The van der Waals surface area contributed by atoms with Gasteiger partial charge in [-0.15, -0.1) is 0 Å². The van der Waals surface area contributed by atoms with E-state index in [4.69, 9.17) is 11.5 Å². The Morgan fingerprint density at radius 1 is 0.938 bits per heavy atom. The Balaban J connectivity index is 2.23. The summed E-state index contributed by atoms with van der Waals surface area (Å²) in [7, 11) is -4.33. The quantitative estimate of drug-likeness (QED) is 0.590. The minimum Gasteiger partial charge on any atom is -0.368 e. The molecule has 8 nitrogen and oxygen atoms in total. The van der Waals surface area contributed by atoms with Crippen molar-refractivity contribution in [1.29, 1.82) is 0 Å². The Hall–Kier alpha value is -3.41. The molecule has 0 atom stereocenters. The number of nitrogens with zero attached hydrogens (tertiary/aromatic N) is 4. The first kappa shape index (κ1) is 23.3. The van der Waals surface area contributed by atoms with E-state index in [9.17, 15) is 21.6 Å². The molecule has 0 unspecified atom stereocenters. The maximum atomic E-state index is 13.7. The average molecular weight is 466 g/mol. The summed E-state index contributed by atoms with van der Waals surface area (Å²) in [6.07, 6.45) is -4.66. The number of benzene rings is 2. The van der Waals surface area contributed by atoms with Crippen molar-refractivity contribution in [2.24, 2.45) is 0 Å². The van der Waals surface area contributed by atoms with Crippen LogP contribution in [0.5, 0.6) is 0 Å². The van der Waals surface area contributed by atoms with Gasteiger partial charge in [0.25, 0.3) is 10.0 Å². The molecule has 0 saturated carbocycles. The molecular weight excluding hydrogens is 445 g/mol. The van der Waals surface area contributed by atoms with E-state index in [1.54, 1.807) is 26.0 Å². The van der Waals surface area contributed by atoms with E-state index in [-0.39, 0.29) is 28.3 Å². The summed E-state index contributed by atoms with van der Waals surface area (Å²) in [5.74, 6) is -0.591. The van der Waals surface area contributed by atoms with E-state index in [2.05, 4.69) is 15.0 Å².